The third kappa shape index (κ3) is 4.88. The van der Waals surface area contributed by atoms with Crippen LogP contribution in [0.1, 0.15) is 18.1 Å². The lowest BCUT2D eigenvalue weighted by Crippen LogP contribution is -2.30. The largest absolute Gasteiger partial charge is 0.490 e. The standard InChI is InChI=1S/C22H20BrFN2O4/c1-3-9-26-21(27)18(25-22(26)28)10-15-11-19(29-4-2)20(12-17(15)23)30-13-14-5-7-16(24)8-6-14/h3,5-8,10-12H,1,4,9,13H2,2H3,(H,25,28)/b18-10+. The van der Waals surface area contributed by atoms with Crippen molar-refractivity contribution in [1.29, 1.82) is 0 Å². The summed E-state index contributed by atoms with van der Waals surface area (Å²) in [6.07, 6.45) is 3.05. The molecular weight excluding hydrogens is 455 g/mol. The van der Waals surface area contributed by atoms with Gasteiger partial charge in [-0.3, -0.25) is 9.69 Å². The number of amides is 3. The van der Waals surface area contributed by atoms with Crippen molar-refractivity contribution in [2.45, 2.75) is 13.5 Å². The van der Waals surface area contributed by atoms with Gasteiger partial charge in [-0.25, -0.2) is 9.18 Å². The van der Waals surface area contributed by atoms with Crippen LogP contribution in [0.5, 0.6) is 11.5 Å². The molecule has 0 saturated carbocycles. The minimum atomic E-state index is -0.494. The Morgan fingerprint density at radius 1 is 1.17 bits per heavy atom. The van der Waals surface area contributed by atoms with E-state index in [0.717, 1.165) is 10.5 Å². The van der Waals surface area contributed by atoms with Crippen molar-refractivity contribution in [3.63, 3.8) is 0 Å². The molecule has 8 heteroatoms. The third-order valence-electron chi connectivity index (χ3n) is 4.24. The number of imide groups is 1. The van der Waals surface area contributed by atoms with Crippen LogP contribution in [0, 0.1) is 5.82 Å². The van der Waals surface area contributed by atoms with Crippen LogP contribution < -0.4 is 14.8 Å². The lowest BCUT2D eigenvalue weighted by Gasteiger charge is -2.14. The van der Waals surface area contributed by atoms with Crippen molar-refractivity contribution in [3.8, 4) is 11.5 Å². The van der Waals surface area contributed by atoms with Crippen LogP contribution in [0.4, 0.5) is 9.18 Å². The number of nitrogens with zero attached hydrogens (tertiary/aromatic N) is 1. The molecule has 3 rings (SSSR count). The molecule has 2 aromatic carbocycles. The number of hydrogen-bond acceptors (Lipinski definition) is 4. The van der Waals surface area contributed by atoms with Gasteiger partial charge in [0.05, 0.1) is 6.61 Å². The van der Waals surface area contributed by atoms with E-state index in [9.17, 15) is 14.0 Å². The summed E-state index contributed by atoms with van der Waals surface area (Å²) >= 11 is 3.47. The molecular formula is C22H20BrFN2O4. The monoisotopic (exact) mass is 474 g/mol. The van der Waals surface area contributed by atoms with Gasteiger partial charge in [0.1, 0.15) is 18.1 Å². The smallest absolute Gasteiger partial charge is 0.329 e. The molecule has 0 atom stereocenters. The van der Waals surface area contributed by atoms with E-state index in [-0.39, 0.29) is 24.7 Å². The summed E-state index contributed by atoms with van der Waals surface area (Å²) in [6.45, 7) is 6.17. The van der Waals surface area contributed by atoms with Gasteiger partial charge in [0.15, 0.2) is 11.5 Å². The van der Waals surface area contributed by atoms with Crippen LogP contribution in [0.3, 0.4) is 0 Å². The van der Waals surface area contributed by atoms with E-state index in [1.807, 2.05) is 6.92 Å². The topological polar surface area (TPSA) is 67.9 Å². The fourth-order valence-electron chi connectivity index (χ4n) is 2.81. The van der Waals surface area contributed by atoms with E-state index >= 15 is 0 Å². The fourth-order valence-corrected chi connectivity index (χ4v) is 3.24. The summed E-state index contributed by atoms with van der Waals surface area (Å²) in [4.78, 5) is 25.4. The highest BCUT2D eigenvalue weighted by Gasteiger charge is 2.32. The number of carbonyl (C=O) groups excluding carboxylic acids is 2. The molecule has 6 nitrogen and oxygen atoms in total. The zero-order valence-electron chi connectivity index (χ0n) is 16.3. The van der Waals surface area contributed by atoms with Crippen molar-refractivity contribution in [2.24, 2.45) is 0 Å². The minimum Gasteiger partial charge on any atom is -0.490 e. The van der Waals surface area contributed by atoms with Crippen LogP contribution in [-0.4, -0.2) is 30.0 Å². The first-order valence-corrected chi connectivity index (χ1v) is 10.0. The normalized spacial score (nSPS) is 14.8. The predicted molar refractivity (Wildman–Crippen MR) is 114 cm³/mol. The van der Waals surface area contributed by atoms with Gasteiger partial charge in [-0.2, -0.15) is 0 Å². The summed E-state index contributed by atoms with van der Waals surface area (Å²) in [5.74, 6) is 0.232. The molecule has 0 bridgehead atoms. The second-order valence-electron chi connectivity index (χ2n) is 6.36. The summed E-state index contributed by atoms with van der Waals surface area (Å²) in [6, 6.07) is 8.98. The van der Waals surface area contributed by atoms with Gasteiger partial charge in [-0.1, -0.05) is 34.1 Å². The average Bonchev–Trinajstić information content (AvgIpc) is 2.98. The molecule has 1 fully saturated rings. The van der Waals surface area contributed by atoms with E-state index in [4.69, 9.17) is 9.47 Å². The van der Waals surface area contributed by atoms with Gasteiger partial charge in [-0.05, 0) is 48.4 Å². The predicted octanol–water partition coefficient (Wildman–Crippen LogP) is 4.64. The number of benzene rings is 2. The Morgan fingerprint density at radius 3 is 2.53 bits per heavy atom. The Morgan fingerprint density at radius 2 is 1.87 bits per heavy atom. The van der Waals surface area contributed by atoms with Crippen molar-refractivity contribution in [2.75, 3.05) is 13.2 Å². The molecule has 0 aliphatic carbocycles. The number of nitrogens with one attached hydrogen (secondary N) is 1. The van der Waals surface area contributed by atoms with Crippen molar-refractivity contribution < 1.29 is 23.5 Å². The van der Waals surface area contributed by atoms with Crippen molar-refractivity contribution in [3.05, 3.63) is 76.2 Å². The lowest BCUT2D eigenvalue weighted by atomic mass is 10.1. The zero-order chi connectivity index (χ0) is 21.7. The Bertz CT molecular complexity index is 1000. The highest BCUT2D eigenvalue weighted by molar-refractivity contribution is 9.10. The van der Waals surface area contributed by atoms with Gasteiger partial charge in [-0.15, -0.1) is 6.58 Å². The molecule has 1 saturated heterocycles. The average molecular weight is 475 g/mol. The van der Waals surface area contributed by atoms with Crippen molar-refractivity contribution >= 4 is 33.9 Å². The summed E-state index contributed by atoms with van der Waals surface area (Å²) in [7, 11) is 0. The van der Waals surface area contributed by atoms with Gasteiger partial charge in [0, 0.05) is 11.0 Å². The van der Waals surface area contributed by atoms with Crippen LogP contribution in [-0.2, 0) is 11.4 Å². The third-order valence-corrected chi connectivity index (χ3v) is 4.93. The number of hydrogen-bond donors (Lipinski definition) is 1. The van der Waals surface area contributed by atoms with Gasteiger partial charge >= 0.3 is 6.03 Å². The maximum Gasteiger partial charge on any atom is 0.329 e. The Kier molecular flexibility index (Phi) is 6.89. The second-order valence-corrected chi connectivity index (χ2v) is 7.22. The fraction of sp³-hybridized carbons (Fsp3) is 0.182. The van der Waals surface area contributed by atoms with E-state index in [2.05, 4.69) is 27.8 Å². The first kappa shape index (κ1) is 21.6. The Balaban J connectivity index is 1.85. The highest BCUT2D eigenvalue weighted by atomic mass is 79.9. The minimum absolute atomic E-state index is 0.129. The van der Waals surface area contributed by atoms with E-state index in [0.29, 0.717) is 28.1 Å². The zero-order valence-corrected chi connectivity index (χ0v) is 17.9. The van der Waals surface area contributed by atoms with Crippen LogP contribution in [0.15, 0.2) is 59.2 Å². The van der Waals surface area contributed by atoms with E-state index in [1.54, 1.807) is 30.3 Å². The van der Waals surface area contributed by atoms with Gasteiger partial charge in [0.25, 0.3) is 5.91 Å². The summed E-state index contributed by atoms with van der Waals surface area (Å²) in [5.41, 5.74) is 1.60. The van der Waals surface area contributed by atoms with Crippen LogP contribution >= 0.6 is 15.9 Å². The number of ether oxygens (including phenoxy) is 2. The molecule has 1 aliphatic rings. The molecule has 156 valence electrons. The number of rotatable bonds is 8. The maximum absolute atomic E-state index is 13.1. The van der Waals surface area contributed by atoms with Crippen LogP contribution in [0.2, 0.25) is 0 Å². The number of carbonyl (C=O) groups is 2. The van der Waals surface area contributed by atoms with E-state index in [1.165, 1.54) is 18.2 Å². The maximum atomic E-state index is 13.1. The number of urea groups is 1. The first-order chi connectivity index (χ1) is 14.4. The lowest BCUT2D eigenvalue weighted by molar-refractivity contribution is -0.122. The molecule has 0 spiro atoms. The molecule has 1 heterocycles. The highest BCUT2D eigenvalue weighted by Crippen LogP contribution is 2.35. The SMILES string of the molecule is C=CCN1C(=O)N/C(=C/c2cc(OCC)c(OCc3ccc(F)cc3)cc2Br)C1=O. The summed E-state index contributed by atoms with van der Waals surface area (Å²) in [5, 5.41) is 2.56. The van der Waals surface area contributed by atoms with E-state index < -0.39 is 11.9 Å². The summed E-state index contributed by atoms with van der Waals surface area (Å²) < 4.78 is 25.3. The molecule has 1 aliphatic heterocycles. The second kappa shape index (κ2) is 9.58. The molecule has 1 N–H and O–H groups in total. The molecule has 30 heavy (non-hydrogen) atoms. The van der Waals surface area contributed by atoms with Gasteiger partial charge < -0.3 is 14.8 Å². The van der Waals surface area contributed by atoms with Crippen LogP contribution in [0.25, 0.3) is 6.08 Å². The first-order valence-electron chi connectivity index (χ1n) is 9.22. The molecule has 0 unspecified atom stereocenters. The molecule has 3 amide bonds. The Labute approximate surface area is 182 Å². The molecule has 2 aromatic rings. The Hall–Kier alpha value is -3.13. The molecule has 0 aromatic heterocycles. The van der Waals surface area contributed by atoms with Gasteiger partial charge in [0.2, 0.25) is 0 Å². The molecule has 0 radical (unpaired) electrons. The quantitative estimate of drug-likeness (QED) is 0.343. The number of halogens is 2. The van der Waals surface area contributed by atoms with Crippen molar-refractivity contribution in [1.82, 2.24) is 10.2 Å².